The number of hydrogen-bond acceptors (Lipinski definition) is 4. The van der Waals surface area contributed by atoms with E-state index in [-0.39, 0.29) is 4.90 Å². The second-order valence-corrected chi connectivity index (χ2v) is 8.49. The van der Waals surface area contributed by atoms with Crippen LogP contribution in [0.25, 0.3) is 0 Å². The second-order valence-electron chi connectivity index (χ2n) is 4.65. The zero-order chi connectivity index (χ0) is 15.5. The number of hydrogen-bond donors (Lipinski definition) is 1. The first-order valence-electron chi connectivity index (χ1n) is 6.43. The first-order chi connectivity index (χ1) is 9.93. The number of halogens is 1. The number of thiophene rings is 1. The van der Waals surface area contributed by atoms with Crippen molar-refractivity contribution in [3.8, 4) is 0 Å². The van der Waals surface area contributed by atoms with Crippen LogP contribution in [0.3, 0.4) is 0 Å². The van der Waals surface area contributed by atoms with Crippen LogP contribution in [0.4, 0.5) is 0 Å². The van der Waals surface area contributed by atoms with E-state index in [1.54, 1.807) is 37.4 Å². The fraction of sp³-hybridized carbons (Fsp3) is 0.286. The van der Waals surface area contributed by atoms with Crippen molar-refractivity contribution in [2.24, 2.45) is 5.73 Å². The molecule has 0 aliphatic rings. The minimum atomic E-state index is -3.49. The van der Waals surface area contributed by atoms with Crippen molar-refractivity contribution in [2.45, 2.75) is 17.9 Å². The molecule has 7 heteroatoms. The van der Waals surface area contributed by atoms with Gasteiger partial charge in [-0.1, -0.05) is 23.7 Å². The molecule has 1 heterocycles. The minimum absolute atomic E-state index is 0.286. The Bertz CT molecular complexity index is 696. The van der Waals surface area contributed by atoms with Crippen LogP contribution in [0.1, 0.15) is 10.4 Å². The van der Waals surface area contributed by atoms with E-state index >= 15 is 0 Å². The summed E-state index contributed by atoms with van der Waals surface area (Å²) in [6.45, 7) is 0.857. The Balaban J connectivity index is 2.16. The second kappa shape index (κ2) is 6.89. The van der Waals surface area contributed by atoms with Crippen LogP contribution in [0, 0.1) is 0 Å². The van der Waals surface area contributed by atoms with E-state index in [0.717, 1.165) is 16.9 Å². The van der Waals surface area contributed by atoms with Gasteiger partial charge in [-0.15, -0.1) is 11.3 Å². The van der Waals surface area contributed by atoms with Crippen molar-refractivity contribution in [3.63, 3.8) is 0 Å². The van der Waals surface area contributed by atoms with Crippen LogP contribution >= 0.6 is 22.9 Å². The highest BCUT2D eigenvalue weighted by Crippen LogP contribution is 2.24. The maximum atomic E-state index is 12.5. The van der Waals surface area contributed by atoms with Gasteiger partial charge in [-0.3, -0.25) is 0 Å². The average Bonchev–Trinajstić information content (AvgIpc) is 2.85. The highest BCUT2D eigenvalue weighted by Gasteiger charge is 2.21. The van der Waals surface area contributed by atoms with Crippen LogP contribution in [0.15, 0.2) is 41.3 Å². The predicted molar refractivity (Wildman–Crippen MR) is 87.2 cm³/mol. The molecular formula is C14H17ClN2O2S2. The Morgan fingerprint density at radius 2 is 1.86 bits per heavy atom. The Kier molecular flexibility index (Phi) is 5.40. The smallest absolute Gasteiger partial charge is 0.243 e. The molecule has 21 heavy (non-hydrogen) atoms. The monoisotopic (exact) mass is 344 g/mol. The van der Waals surface area contributed by atoms with Crippen molar-refractivity contribution in [1.82, 2.24) is 4.31 Å². The Morgan fingerprint density at radius 1 is 1.19 bits per heavy atom. The molecule has 0 spiro atoms. The lowest BCUT2D eigenvalue weighted by Gasteiger charge is -2.16. The zero-order valence-electron chi connectivity index (χ0n) is 11.6. The molecule has 2 rings (SSSR count). The van der Waals surface area contributed by atoms with Gasteiger partial charge in [-0.05, 0) is 42.8 Å². The molecule has 0 radical (unpaired) electrons. The first kappa shape index (κ1) is 16.5. The van der Waals surface area contributed by atoms with Gasteiger partial charge in [0.1, 0.15) is 0 Å². The summed E-state index contributed by atoms with van der Waals surface area (Å²) < 4.78 is 27.0. The molecule has 0 atom stereocenters. The van der Waals surface area contributed by atoms with Crippen LogP contribution < -0.4 is 5.73 Å². The van der Waals surface area contributed by atoms with Crippen molar-refractivity contribution >= 4 is 33.0 Å². The SMILES string of the molecule is CN(Cc1ccc(Cl)s1)S(=O)(=O)c1ccc(CCN)cc1. The number of rotatable bonds is 6. The van der Waals surface area contributed by atoms with Crippen molar-refractivity contribution in [1.29, 1.82) is 0 Å². The summed E-state index contributed by atoms with van der Waals surface area (Å²) in [6.07, 6.45) is 0.740. The molecule has 0 fully saturated rings. The van der Waals surface area contributed by atoms with Gasteiger partial charge < -0.3 is 5.73 Å². The van der Waals surface area contributed by atoms with Gasteiger partial charge in [-0.25, -0.2) is 8.42 Å². The van der Waals surface area contributed by atoms with Crippen molar-refractivity contribution in [3.05, 3.63) is 51.2 Å². The van der Waals surface area contributed by atoms with Gasteiger partial charge in [0.25, 0.3) is 0 Å². The summed E-state index contributed by atoms with van der Waals surface area (Å²) in [5.41, 5.74) is 6.52. The summed E-state index contributed by atoms with van der Waals surface area (Å²) >= 11 is 7.24. The standard InChI is InChI=1S/C14H17ClN2O2S2/c1-17(10-12-4-7-14(15)20-12)21(18,19)13-5-2-11(3-6-13)8-9-16/h2-7H,8-10,16H2,1H3. The summed E-state index contributed by atoms with van der Waals surface area (Å²) in [7, 11) is -1.93. The van der Waals surface area contributed by atoms with Gasteiger partial charge >= 0.3 is 0 Å². The van der Waals surface area contributed by atoms with E-state index < -0.39 is 10.0 Å². The number of nitrogens with two attached hydrogens (primary N) is 1. The number of nitrogens with zero attached hydrogens (tertiary/aromatic N) is 1. The first-order valence-corrected chi connectivity index (χ1v) is 9.06. The van der Waals surface area contributed by atoms with E-state index in [2.05, 4.69) is 0 Å². The normalized spacial score (nSPS) is 12.0. The molecule has 2 N–H and O–H groups in total. The minimum Gasteiger partial charge on any atom is -0.330 e. The molecule has 2 aromatic rings. The fourth-order valence-corrected chi connectivity index (χ4v) is 4.29. The Morgan fingerprint density at radius 3 is 2.38 bits per heavy atom. The maximum Gasteiger partial charge on any atom is 0.243 e. The molecule has 0 unspecified atom stereocenters. The van der Waals surface area contributed by atoms with Crippen LogP contribution in [0.2, 0.25) is 4.34 Å². The van der Waals surface area contributed by atoms with E-state index in [0.29, 0.717) is 17.4 Å². The van der Waals surface area contributed by atoms with Crippen LogP contribution in [-0.2, 0) is 23.0 Å². The Labute approximate surface area is 134 Å². The third kappa shape index (κ3) is 4.05. The molecule has 0 saturated heterocycles. The van der Waals surface area contributed by atoms with Gasteiger partial charge in [0.2, 0.25) is 10.0 Å². The molecule has 0 saturated carbocycles. The number of sulfonamides is 1. The van der Waals surface area contributed by atoms with Crippen LogP contribution in [-0.4, -0.2) is 26.3 Å². The highest BCUT2D eigenvalue weighted by molar-refractivity contribution is 7.89. The summed E-state index contributed by atoms with van der Waals surface area (Å²) in [5, 5.41) is 0. The number of benzene rings is 1. The largest absolute Gasteiger partial charge is 0.330 e. The van der Waals surface area contributed by atoms with Crippen molar-refractivity contribution in [2.75, 3.05) is 13.6 Å². The molecule has 0 amide bonds. The van der Waals surface area contributed by atoms with Gasteiger partial charge in [0.05, 0.1) is 9.23 Å². The van der Waals surface area contributed by atoms with Crippen LogP contribution in [0.5, 0.6) is 0 Å². The molecule has 0 aliphatic carbocycles. The molecule has 1 aromatic carbocycles. The third-order valence-corrected chi connectivity index (χ3v) is 6.11. The summed E-state index contributed by atoms with van der Waals surface area (Å²) in [5.74, 6) is 0. The highest BCUT2D eigenvalue weighted by atomic mass is 35.5. The van der Waals surface area contributed by atoms with E-state index in [4.69, 9.17) is 17.3 Å². The molecule has 4 nitrogen and oxygen atoms in total. The van der Waals surface area contributed by atoms with E-state index in [1.165, 1.54) is 15.6 Å². The Hall–Kier alpha value is -0.920. The molecule has 0 bridgehead atoms. The summed E-state index contributed by atoms with van der Waals surface area (Å²) in [4.78, 5) is 1.19. The quantitative estimate of drug-likeness (QED) is 0.876. The zero-order valence-corrected chi connectivity index (χ0v) is 14.0. The van der Waals surface area contributed by atoms with E-state index in [9.17, 15) is 8.42 Å². The third-order valence-electron chi connectivity index (χ3n) is 3.07. The topological polar surface area (TPSA) is 63.4 Å². The molecular weight excluding hydrogens is 328 g/mol. The predicted octanol–water partition coefficient (Wildman–Crippen LogP) is 2.72. The maximum absolute atomic E-state index is 12.5. The molecule has 1 aromatic heterocycles. The van der Waals surface area contributed by atoms with Gasteiger partial charge in [0.15, 0.2) is 0 Å². The fourth-order valence-electron chi connectivity index (χ4n) is 1.92. The van der Waals surface area contributed by atoms with Gasteiger partial charge in [0, 0.05) is 18.5 Å². The van der Waals surface area contributed by atoms with Gasteiger partial charge in [-0.2, -0.15) is 4.31 Å². The lowest BCUT2D eigenvalue weighted by molar-refractivity contribution is 0.469. The lowest BCUT2D eigenvalue weighted by atomic mass is 10.2. The van der Waals surface area contributed by atoms with Crippen molar-refractivity contribution < 1.29 is 8.42 Å². The molecule has 114 valence electrons. The average molecular weight is 345 g/mol. The van der Waals surface area contributed by atoms with E-state index in [1.807, 2.05) is 6.07 Å². The summed E-state index contributed by atoms with van der Waals surface area (Å²) in [6, 6.07) is 10.5. The molecule has 0 aliphatic heterocycles. The lowest BCUT2D eigenvalue weighted by Crippen LogP contribution is -2.26.